The molecule has 0 atom stereocenters. The Bertz CT molecular complexity index is 792. The van der Waals surface area contributed by atoms with E-state index in [1.165, 1.54) is 17.8 Å². The van der Waals surface area contributed by atoms with Crippen LogP contribution in [0.5, 0.6) is 0 Å². The Labute approximate surface area is 164 Å². The van der Waals surface area contributed by atoms with Crippen LogP contribution in [0.1, 0.15) is 42.1 Å². The summed E-state index contributed by atoms with van der Waals surface area (Å²) in [6, 6.07) is 7.99. The summed E-state index contributed by atoms with van der Waals surface area (Å²) >= 11 is 1.37. The van der Waals surface area contributed by atoms with Gasteiger partial charge in [-0.15, -0.1) is 11.3 Å². The van der Waals surface area contributed by atoms with E-state index in [4.69, 9.17) is 4.74 Å². The molecule has 3 rings (SSSR count). The van der Waals surface area contributed by atoms with Crippen LogP contribution in [0.15, 0.2) is 29.6 Å². The van der Waals surface area contributed by atoms with Gasteiger partial charge in [0.25, 0.3) is 0 Å². The molecule has 1 fully saturated rings. The van der Waals surface area contributed by atoms with Gasteiger partial charge in [-0.1, -0.05) is 36.2 Å². The summed E-state index contributed by atoms with van der Waals surface area (Å²) in [7, 11) is 0. The van der Waals surface area contributed by atoms with E-state index in [9.17, 15) is 9.59 Å². The summed E-state index contributed by atoms with van der Waals surface area (Å²) in [5.74, 6) is -0.484. The Hall–Kier alpha value is -2.18. The lowest BCUT2D eigenvalue weighted by Crippen LogP contribution is -2.36. The van der Waals surface area contributed by atoms with E-state index in [0.717, 1.165) is 42.6 Å². The number of carbonyl (C=O) groups is 2. The van der Waals surface area contributed by atoms with Crippen molar-refractivity contribution in [1.82, 2.24) is 4.90 Å². The zero-order chi connectivity index (χ0) is 19.2. The number of benzene rings is 1. The molecule has 2 heterocycles. The number of esters is 1. The predicted octanol–water partition coefficient (Wildman–Crippen LogP) is 4.32. The van der Waals surface area contributed by atoms with E-state index < -0.39 is 5.97 Å². The molecule has 27 heavy (non-hydrogen) atoms. The number of likely N-dealkylation sites (tertiary alicyclic amines) is 1. The summed E-state index contributed by atoms with van der Waals surface area (Å²) in [4.78, 5) is 27.3. The summed E-state index contributed by atoms with van der Waals surface area (Å²) in [6.45, 7) is 6.37. The first-order valence-corrected chi connectivity index (χ1v) is 10.3. The van der Waals surface area contributed by atoms with Crippen LogP contribution in [0, 0.1) is 6.92 Å². The molecule has 0 bridgehead atoms. The average molecular weight is 387 g/mol. The number of aryl methyl sites for hydroxylation is 1. The third-order valence-corrected chi connectivity index (χ3v) is 5.60. The number of rotatable bonds is 6. The van der Waals surface area contributed by atoms with Crippen LogP contribution in [0.25, 0.3) is 11.1 Å². The van der Waals surface area contributed by atoms with Crippen molar-refractivity contribution in [2.45, 2.75) is 33.1 Å². The minimum absolute atomic E-state index is 0.0836. The Balaban J connectivity index is 1.82. The second kappa shape index (κ2) is 9.15. The normalized spacial score (nSPS) is 14.7. The molecule has 1 aromatic carbocycles. The maximum absolute atomic E-state index is 12.6. The maximum atomic E-state index is 12.6. The SMILES string of the molecule is CCOC(=O)c1c(-c2ccc(C)cc2)csc1NC(=O)CN1CCCCC1. The van der Waals surface area contributed by atoms with Crippen molar-refractivity contribution in [3.05, 3.63) is 40.8 Å². The van der Waals surface area contributed by atoms with E-state index in [1.54, 1.807) is 6.92 Å². The number of carbonyl (C=O) groups excluding carboxylic acids is 2. The molecule has 0 saturated carbocycles. The molecule has 0 unspecified atom stereocenters. The highest BCUT2D eigenvalue weighted by Gasteiger charge is 2.23. The molecule has 6 heteroatoms. The second-order valence-electron chi connectivity index (χ2n) is 6.82. The van der Waals surface area contributed by atoms with Crippen molar-refractivity contribution < 1.29 is 14.3 Å². The number of thiophene rings is 1. The average Bonchev–Trinajstić information content (AvgIpc) is 3.06. The molecule has 0 aliphatic carbocycles. The Morgan fingerprint density at radius 2 is 1.85 bits per heavy atom. The van der Waals surface area contributed by atoms with Gasteiger partial charge >= 0.3 is 5.97 Å². The number of piperidine rings is 1. The molecule has 5 nitrogen and oxygen atoms in total. The topological polar surface area (TPSA) is 58.6 Å². The van der Waals surface area contributed by atoms with Crippen molar-refractivity contribution in [3.8, 4) is 11.1 Å². The van der Waals surface area contributed by atoms with Gasteiger partial charge in [0.15, 0.2) is 0 Å². The quantitative estimate of drug-likeness (QED) is 0.751. The summed E-state index contributed by atoms with van der Waals surface area (Å²) < 4.78 is 5.25. The number of ether oxygens (including phenoxy) is 1. The third-order valence-electron chi connectivity index (χ3n) is 4.70. The molecule has 1 saturated heterocycles. The molecular weight excluding hydrogens is 360 g/mol. The van der Waals surface area contributed by atoms with Gasteiger partial charge in [0.1, 0.15) is 10.6 Å². The third kappa shape index (κ3) is 4.96. The maximum Gasteiger partial charge on any atom is 0.341 e. The molecule has 0 spiro atoms. The largest absolute Gasteiger partial charge is 0.462 e. The fourth-order valence-electron chi connectivity index (χ4n) is 3.29. The first-order chi connectivity index (χ1) is 13.1. The summed E-state index contributed by atoms with van der Waals surface area (Å²) in [6.07, 6.45) is 3.51. The van der Waals surface area contributed by atoms with Crippen LogP contribution in [0.2, 0.25) is 0 Å². The molecule has 1 aromatic heterocycles. The van der Waals surface area contributed by atoms with Crippen molar-refractivity contribution >= 4 is 28.2 Å². The fraction of sp³-hybridized carbons (Fsp3) is 0.429. The number of hydrogen-bond donors (Lipinski definition) is 1. The van der Waals surface area contributed by atoms with Gasteiger partial charge in [0.05, 0.1) is 13.2 Å². The number of anilines is 1. The standard InChI is InChI=1S/C21H26N2O3S/c1-3-26-21(25)19-17(16-9-7-15(2)8-10-16)14-27-20(19)22-18(24)13-23-11-5-4-6-12-23/h7-10,14H,3-6,11-13H2,1-2H3,(H,22,24). The molecule has 1 aliphatic rings. The number of nitrogens with zero attached hydrogens (tertiary/aromatic N) is 1. The van der Waals surface area contributed by atoms with Gasteiger partial charge in [-0.25, -0.2) is 4.79 Å². The zero-order valence-electron chi connectivity index (χ0n) is 15.9. The van der Waals surface area contributed by atoms with Gasteiger partial charge < -0.3 is 10.1 Å². The van der Waals surface area contributed by atoms with Crippen LogP contribution in [-0.2, 0) is 9.53 Å². The zero-order valence-corrected chi connectivity index (χ0v) is 16.7. The lowest BCUT2D eigenvalue weighted by atomic mass is 10.0. The lowest BCUT2D eigenvalue weighted by Gasteiger charge is -2.25. The summed E-state index contributed by atoms with van der Waals surface area (Å²) in [5.41, 5.74) is 3.34. The predicted molar refractivity (Wildman–Crippen MR) is 109 cm³/mol. The van der Waals surface area contributed by atoms with E-state index in [0.29, 0.717) is 23.7 Å². The van der Waals surface area contributed by atoms with Crippen LogP contribution < -0.4 is 5.32 Å². The van der Waals surface area contributed by atoms with Crippen molar-refractivity contribution in [2.75, 3.05) is 31.6 Å². The van der Waals surface area contributed by atoms with Crippen LogP contribution >= 0.6 is 11.3 Å². The number of hydrogen-bond acceptors (Lipinski definition) is 5. The lowest BCUT2D eigenvalue weighted by molar-refractivity contribution is -0.117. The van der Waals surface area contributed by atoms with Gasteiger partial charge in [-0.2, -0.15) is 0 Å². The highest BCUT2D eigenvalue weighted by atomic mass is 32.1. The van der Waals surface area contributed by atoms with Gasteiger partial charge in [-0.3, -0.25) is 9.69 Å². The van der Waals surface area contributed by atoms with E-state index >= 15 is 0 Å². The van der Waals surface area contributed by atoms with Gasteiger partial charge in [-0.05, 0) is 45.3 Å². The number of nitrogens with one attached hydrogen (secondary N) is 1. The van der Waals surface area contributed by atoms with E-state index in [1.807, 2.05) is 36.6 Å². The van der Waals surface area contributed by atoms with Crippen molar-refractivity contribution in [2.24, 2.45) is 0 Å². The Kier molecular flexibility index (Phi) is 6.63. The van der Waals surface area contributed by atoms with E-state index in [2.05, 4.69) is 10.2 Å². The minimum Gasteiger partial charge on any atom is -0.462 e. The minimum atomic E-state index is -0.400. The molecule has 1 amide bonds. The molecule has 1 aliphatic heterocycles. The molecule has 1 N–H and O–H groups in total. The molecule has 2 aromatic rings. The summed E-state index contributed by atoms with van der Waals surface area (Å²) in [5, 5.41) is 5.41. The molecule has 144 valence electrons. The first-order valence-electron chi connectivity index (χ1n) is 9.46. The van der Waals surface area contributed by atoms with Crippen LogP contribution in [0.4, 0.5) is 5.00 Å². The monoisotopic (exact) mass is 386 g/mol. The first kappa shape index (κ1) is 19.6. The highest BCUT2D eigenvalue weighted by Crippen LogP contribution is 2.36. The van der Waals surface area contributed by atoms with Crippen molar-refractivity contribution in [1.29, 1.82) is 0 Å². The van der Waals surface area contributed by atoms with Crippen LogP contribution in [0.3, 0.4) is 0 Å². The van der Waals surface area contributed by atoms with Crippen LogP contribution in [-0.4, -0.2) is 43.0 Å². The fourth-order valence-corrected chi connectivity index (χ4v) is 4.26. The molecular formula is C21H26N2O3S. The second-order valence-corrected chi connectivity index (χ2v) is 7.70. The Morgan fingerprint density at radius 1 is 1.15 bits per heavy atom. The Morgan fingerprint density at radius 3 is 2.52 bits per heavy atom. The highest BCUT2D eigenvalue weighted by molar-refractivity contribution is 7.15. The van der Waals surface area contributed by atoms with E-state index in [-0.39, 0.29) is 5.91 Å². The number of amides is 1. The van der Waals surface area contributed by atoms with Crippen molar-refractivity contribution in [3.63, 3.8) is 0 Å². The van der Waals surface area contributed by atoms with Gasteiger partial charge in [0, 0.05) is 10.9 Å². The molecule has 0 radical (unpaired) electrons. The van der Waals surface area contributed by atoms with Gasteiger partial charge in [0.2, 0.25) is 5.91 Å². The smallest absolute Gasteiger partial charge is 0.341 e.